The van der Waals surface area contributed by atoms with E-state index in [1.807, 2.05) is 19.9 Å². The Labute approximate surface area is 127 Å². The number of carbonyl (C=O) groups is 2. The maximum atomic E-state index is 12.0. The second-order valence-corrected chi connectivity index (χ2v) is 6.22. The average molecular weight is 340 g/mol. The highest BCUT2D eigenvalue weighted by Crippen LogP contribution is 2.44. The summed E-state index contributed by atoms with van der Waals surface area (Å²) in [6.07, 6.45) is 0.506. The average Bonchev–Trinajstić information content (AvgIpc) is 2.57. The van der Waals surface area contributed by atoms with E-state index in [9.17, 15) is 9.59 Å². The van der Waals surface area contributed by atoms with E-state index in [4.69, 9.17) is 4.74 Å². The van der Waals surface area contributed by atoms with Crippen molar-refractivity contribution in [2.45, 2.75) is 46.8 Å². The topological polar surface area (TPSA) is 46.6 Å². The van der Waals surface area contributed by atoms with E-state index in [1.54, 1.807) is 11.8 Å². The lowest BCUT2D eigenvalue weighted by Gasteiger charge is -2.33. The number of hydrogen-bond donors (Lipinski definition) is 0. The van der Waals surface area contributed by atoms with Crippen LogP contribution in [0.3, 0.4) is 0 Å². The molecule has 1 aromatic rings. The number of amides is 1. The smallest absolute Gasteiger partial charge is 0.304 e. The Kier molecular flexibility index (Phi) is 3.67. The third-order valence-electron chi connectivity index (χ3n) is 3.69. The first-order valence-corrected chi connectivity index (χ1v) is 7.25. The van der Waals surface area contributed by atoms with Crippen molar-refractivity contribution < 1.29 is 14.3 Å². The van der Waals surface area contributed by atoms with Crippen molar-refractivity contribution in [1.29, 1.82) is 0 Å². The van der Waals surface area contributed by atoms with Crippen LogP contribution >= 0.6 is 15.9 Å². The van der Waals surface area contributed by atoms with Crippen LogP contribution in [0.5, 0.6) is 0 Å². The van der Waals surface area contributed by atoms with E-state index >= 15 is 0 Å². The number of carbonyl (C=O) groups excluding carboxylic acids is 2. The molecule has 1 amide bonds. The maximum Gasteiger partial charge on any atom is 0.304 e. The molecule has 0 aromatic heterocycles. The fraction of sp³-hybridized carbons (Fsp3) is 0.467. The quantitative estimate of drug-likeness (QED) is 0.738. The van der Waals surface area contributed by atoms with Crippen LogP contribution in [0.15, 0.2) is 10.5 Å². The molecule has 0 aliphatic carbocycles. The molecule has 20 heavy (non-hydrogen) atoms. The maximum absolute atomic E-state index is 12.0. The lowest BCUT2D eigenvalue weighted by Crippen LogP contribution is -2.49. The highest BCUT2D eigenvalue weighted by molar-refractivity contribution is 9.10. The van der Waals surface area contributed by atoms with Crippen molar-refractivity contribution in [2.24, 2.45) is 0 Å². The van der Waals surface area contributed by atoms with Crippen molar-refractivity contribution in [1.82, 2.24) is 0 Å². The summed E-state index contributed by atoms with van der Waals surface area (Å²) in [5.41, 5.74) is 3.07. The summed E-state index contributed by atoms with van der Waals surface area (Å²) in [6.45, 7) is 8.62. The van der Waals surface area contributed by atoms with Gasteiger partial charge < -0.3 is 4.74 Å². The number of halogens is 1. The van der Waals surface area contributed by atoms with Crippen molar-refractivity contribution >= 4 is 33.5 Å². The van der Waals surface area contributed by atoms with Gasteiger partial charge in [-0.3, -0.25) is 14.5 Å². The Morgan fingerprint density at radius 3 is 2.45 bits per heavy atom. The second-order valence-electron chi connectivity index (χ2n) is 5.43. The standard InChI is InChI=1S/C15H18BrNO3/c1-8-6-13-12(9(2)14(8)16)7-15(5,20-11(4)19)17(13)10(3)18/h6H,7H2,1-5H3. The molecule has 4 nitrogen and oxygen atoms in total. The molecule has 0 fully saturated rings. The highest BCUT2D eigenvalue weighted by Gasteiger charge is 2.46. The fourth-order valence-electron chi connectivity index (χ4n) is 2.95. The Bertz CT molecular complexity index is 612. The molecule has 108 valence electrons. The molecule has 0 N–H and O–H groups in total. The van der Waals surface area contributed by atoms with Crippen molar-refractivity contribution in [2.75, 3.05) is 4.90 Å². The molecular formula is C15H18BrNO3. The number of hydrogen-bond acceptors (Lipinski definition) is 3. The first-order chi connectivity index (χ1) is 9.17. The zero-order chi connectivity index (χ0) is 15.2. The number of fused-ring (bicyclic) bond motifs is 1. The number of benzene rings is 1. The number of ether oxygens (including phenoxy) is 1. The molecule has 0 radical (unpaired) electrons. The van der Waals surface area contributed by atoms with Crippen LogP contribution in [0, 0.1) is 13.8 Å². The lowest BCUT2D eigenvalue weighted by molar-refractivity contribution is -0.155. The first kappa shape index (κ1) is 15.0. The van der Waals surface area contributed by atoms with Crippen molar-refractivity contribution in [3.05, 3.63) is 27.2 Å². The number of aryl methyl sites for hydroxylation is 1. The molecule has 0 saturated heterocycles. The Morgan fingerprint density at radius 2 is 1.95 bits per heavy atom. The third kappa shape index (κ3) is 2.24. The molecular weight excluding hydrogens is 322 g/mol. The van der Waals surface area contributed by atoms with Crippen molar-refractivity contribution in [3.63, 3.8) is 0 Å². The van der Waals surface area contributed by atoms with Gasteiger partial charge in [0.15, 0.2) is 5.72 Å². The third-order valence-corrected chi connectivity index (χ3v) is 4.91. The van der Waals surface area contributed by atoms with E-state index in [0.29, 0.717) is 6.42 Å². The van der Waals surface area contributed by atoms with Crippen LogP contribution in [0.1, 0.15) is 37.5 Å². The molecule has 1 aromatic carbocycles. The number of esters is 1. The second kappa shape index (κ2) is 4.88. The lowest BCUT2D eigenvalue weighted by atomic mass is 10.0. The molecule has 1 unspecified atom stereocenters. The number of anilines is 1. The predicted molar refractivity (Wildman–Crippen MR) is 80.7 cm³/mol. The Hall–Kier alpha value is -1.36. The SMILES string of the molecule is CC(=O)OC1(C)Cc2c(cc(C)c(Br)c2C)N1C(C)=O. The van der Waals surface area contributed by atoms with Gasteiger partial charge in [0, 0.05) is 24.7 Å². The van der Waals surface area contributed by atoms with Gasteiger partial charge in [0.25, 0.3) is 0 Å². The van der Waals surface area contributed by atoms with E-state index in [-0.39, 0.29) is 11.9 Å². The van der Waals surface area contributed by atoms with Gasteiger partial charge in [0.2, 0.25) is 5.91 Å². The zero-order valence-electron chi connectivity index (χ0n) is 12.3. The monoisotopic (exact) mass is 339 g/mol. The van der Waals surface area contributed by atoms with Gasteiger partial charge in [-0.25, -0.2) is 0 Å². The van der Waals surface area contributed by atoms with Crippen LogP contribution in [0.4, 0.5) is 5.69 Å². The van der Waals surface area contributed by atoms with Crippen LogP contribution in [0.2, 0.25) is 0 Å². The van der Waals surface area contributed by atoms with Gasteiger partial charge >= 0.3 is 5.97 Å². The summed E-state index contributed by atoms with van der Waals surface area (Å²) in [6, 6.07) is 1.96. The van der Waals surface area contributed by atoms with Crippen LogP contribution in [-0.2, 0) is 20.7 Å². The highest BCUT2D eigenvalue weighted by atomic mass is 79.9. The van der Waals surface area contributed by atoms with E-state index in [2.05, 4.69) is 15.9 Å². The molecule has 1 aliphatic heterocycles. The van der Waals surface area contributed by atoms with E-state index in [1.165, 1.54) is 13.8 Å². The molecule has 1 atom stereocenters. The van der Waals surface area contributed by atoms with E-state index < -0.39 is 5.72 Å². The predicted octanol–water partition coefficient (Wildman–Crippen LogP) is 3.25. The van der Waals surface area contributed by atoms with Gasteiger partial charge in [-0.1, -0.05) is 15.9 Å². The molecule has 1 aliphatic rings. The minimum Gasteiger partial charge on any atom is -0.439 e. The van der Waals surface area contributed by atoms with Crippen LogP contribution in [-0.4, -0.2) is 17.6 Å². The van der Waals surface area contributed by atoms with Gasteiger partial charge in [-0.15, -0.1) is 0 Å². The van der Waals surface area contributed by atoms with Gasteiger partial charge in [-0.05, 0) is 43.5 Å². The largest absolute Gasteiger partial charge is 0.439 e. The minimum atomic E-state index is -0.946. The molecule has 0 spiro atoms. The van der Waals surface area contributed by atoms with Gasteiger partial charge in [0.05, 0.1) is 5.69 Å². The summed E-state index contributed by atoms with van der Waals surface area (Å²) in [5, 5.41) is 0. The summed E-state index contributed by atoms with van der Waals surface area (Å²) < 4.78 is 6.47. The molecule has 5 heteroatoms. The minimum absolute atomic E-state index is 0.131. The number of nitrogens with zero attached hydrogens (tertiary/aromatic N) is 1. The van der Waals surface area contributed by atoms with Gasteiger partial charge in [0.1, 0.15) is 0 Å². The summed E-state index contributed by atoms with van der Waals surface area (Å²) in [4.78, 5) is 25.0. The molecule has 1 heterocycles. The fourth-order valence-corrected chi connectivity index (χ4v) is 3.31. The zero-order valence-corrected chi connectivity index (χ0v) is 13.9. The molecule has 2 rings (SSSR count). The first-order valence-electron chi connectivity index (χ1n) is 6.46. The van der Waals surface area contributed by atoms with Crippen molar-refractivity contribution in [3.8, 4) is 0 Å². The summed E-state index contributed by atoms with van der Waals surface area (Å²) in [7, 11) is 0. The number of rotatable bonds is 1. The molecule has 0 saturated carbocycles. The normalized spacial score (nSPS) is 20.8. The Morgan fingerprint density at radius 1 is 1.35 bits per heavy atom. The van der Waals surface area contributed by atoms with Crippen LogP contribution in [0.25, 0.3) is 0 Å². The summed E-state index contributed by atoms with van der Waals surface area (Å²) in [5.74, 6) is -0.520. The summed E-state index contributed by atoms with van der Waals surface area (Å²) >= 11 is 3.57. The van der Waals surface area contributed by atoms with Crippen LogP contribution < -0.4 is 4.90 Å². The van der Waals surface area contributed by atoms with E-state index in [0.717, 1.165) is 26.9 Å². The Balaban J connectivity index is 2.63. The van der Waals surface area contributed by atoms with Gasteiger partial charge in [-0.2, -0.15) is 0 Å². The molecule has 0 bridgehead atoms.